The zero-order chi connectivity index (χ0) is 20.9. The highest BCUT2D eigenvalue weighted by atomic mass is 35.5. The summed E-state index contributed by atoms with van der Waals surface area (Å²) in [7, 11) is 1.89. The molecule has 0 saturated heterocycles. The molecule has 1 fully saturated rings. The van der Waals surface area contributed by atoms with Crippen LogP contribution in [-0.2, 0) is 11.8 Å². The number of hydrogen-bond donors (Lipinski definition) is 1. The van der Waals surface area contributed by atoms with E-state index in [0.717, 1.165) is 30.0 Å². The number of carbonyl (C=O) groups excluding carboxylic acids is 1. The topological polar surface area (TPSA) is 81.9 Å². The molecule has 0 unspecified atom stereocenters. The first-order valence-corrected chi connectivity index (χ1v) is 11.2. The molecule has 30 heavy (non-hydrogen) atoms. The Morgan fingerprint density at radius 2 is 1.97 bits per heavy atom. The van der Waals surface area contributed by atoms with Crippen LogP contribution in [0.15, 0.2) is 47.8 Å². The van der Waals surface area contributed by atoms with Gasteiger partial charge in [-0.15, -0.1) is 10.2 Å². The van der Waals surface area contributed by atoms with Crippen molar-refractivity contribution in [3.63, 3.8) is 0 Å². The maximum atomic E-state index is 12.2. The van der Waals surface area contributed by atoms with E-state index < -0.39 is 0 Å². The molecule has 1 amide bonds. The van der Waals surface area contributed by atoms with Crippen LogP contribution in [0.25, 0.3) is 11.4 Å². The van der Waals surface area contributed by atoms with Gasteiger partial charge in [0.15, 0.2) is 11.0 Å². The molecule has 1 aromatic carbocycles. The van der Waals surface area contributed by atoms with Crippen molar-refractivity contribution in [3.05, 3.63) is 47.6 Å². The predicted octanol–water partition coefficient (Wildman–Crippen LogP) is 4.58. The normalized spacial score (nSPS) is 14.1. The predicted molar refractivity (Wildman–Crippen MR) is 118 cm³/mol. The van der Waals surface area contributed by atoms with Crippen LogP contribution in [0.2, 0.25) is 5.02 Å². The Bertz CT molecular complexity index is 1000. The van der Waals surface area contributed by atoms with Crippen LogP contribution in [0.4, 0.5) is 5.82 Å². The fourth-order valence-corrected chi connectivity index (χ4v) is 4.15. The van der Waals surface area contributed by atoms with Crippen molar-refractivity contribution in [1.82, 2.24) is 19.7 Å². The van der Waals surface area contributed by atoms with E-state index in [1.807, 2.05) is 35.9 Å². The molecule has 0 atom stereocenters. The molecule has 1 aliphatic carbocycles. The molecule has 2 heterocycles. The number of pyridine rings is 1. The summed E-state index contributed by atoms with van der Waals surface area (Å²) in [6.45, 7) is 0. The molecule has 1 N–H and O–H groups in total. The molecule has 0 bridgehead atoms. The van der Waals surface area contributed by atoms with Crippen molar-refractivity contribution >= 4 is 35.1 Å². The van der Waals surface area contributed by atoms with Gasteiger partial charge >= 0.3 is 0 Å². The Hall–Kier alpha value is -2.58. The number of aromatic nitrogens is 4. The fraction of sp³-hybridized carbons (Fsp3) is 0.333. The van der Waals surface area contributed by atoms with Crippen LogP contribution in [0.3, 0.4) is 0 Å². The summed E-state index contributed by atoms with van der Waals surface area (Å²) >= 11 is 7.12. The third-order valence-corrected chi connectivity index (χ3v) is 6.12. The van der Waals surface area contributed by atoms with E-state index in [1.165, 1.54) is 30.8 Å². The van der Waals surface area contributed by atoms with Gasteiger partial charge in [-0.1, -0.05) is 23.4 Å². The van der Waals surface area contributed by atoms with Crippen LogP contribution >= 0.6 is 23.4 Å². The lowest BCUT2D eigenvalue weighted by molar-refractivity contribution is -0.113. The van der Waals surface area contributed by atoms with Crippen molar-refractivity contribution in [2.24, 2.45) is 7.05 Å². The van der Waals surface area contributed by atoms with E-state index in [0.29, 0.717) is 22.1 Å². The lowest BCUT2D eigenvalue weighted by Gasteiger charge is -2.13. The van der Waals surface area contributed by atoms with Crippen LogP contribution in [0, 0.1) is 0 Å². The highest BCUT2D eigenvalue weighted by Crippen LogP contribution is 2.27. The van der Waals surface area contributed by atoms with Gasteiger partial charge < -0.3 is 14.6 Å². The molecular weight excluding hydrogens is 422 g/mol. The molecule has 2 aromatic heterocycles. The number of benzene rings is 1. The lowest BCUT2D eigenvalue weighted by atomic mass is 10.2. The summed E-state index contributed by atoms with van der Waals surface area (Å²) in [6, 6.07) is 11.3. The second-order valence-electron chi connectivity index (χ2n) is 7.11. The Morgan fingerprint density at radius 3 is 2.67 bits per heavy atom. The van der Waals surface area contributed by atoms with Crippen molar-refractivity contribution in [1.29, 1.82) is 0 Å². The van der Waals surface area contributed by atoms with Crippen LogP contribution < -0.4 is 10.1 Å². The zero-order valence-corrected chi connectivity index (χ0v) is 18.1. The van der Waals surface area contributed by atoms with E-state index in [4.69, 9.17) is 16.3 Å². The Kier molecular flexibility index (Phi) is 6.54. The van der Waals surface area contributed by atoms with E-state index in [1.54, 1.807) is 12.1 Å². The van der Waals surface area contributed by atoms with Gasteiger partial charge in [0, 0.05) is 18.8 Å². The Morgan fingerprint density at radius 1 is 1.20 bits per heavy atom. The molecule has 0 radical (unpaired) electrons. The third-order valence-electron chi connectivity index (χ3n) is 4.88. The number of thioether (sulfide) groups is 1. The number of nitrogens with one attached hydrogen (secondary N) is 1. The average molecular weight is 444 g/mol. The van der Waals surface area contributed by atoms with Gasteiger partial charge in [0.25, 0.3) is 0 Å². The number of amides is 1. The maximum absolute atomic E-state index is 12.2. The van der Waals surface area contributed by atoms with E-state index >= 15 is 0 Å². The van der Waals surface area contributed by atoms with Gasteiger partial charge in [-0.05, 0) is 62.1 Å². The van der Waals surface area contributed by atoms with Crippen LogP contribution in [-0.4, -0.2) is 37.5 Å². The molecule has 1 aliphatic rings. The van der Waals surface area contributed by atoms with Gasteiger partial charge in [-0.3, -0.25) is 4.79 Å². The van der Waals surface area contributed by atoms with E-state index in [9.17, 15) is 4.79 Å². The number of rotatable bonds is 7. The first-order valence-electron chi connectivity index (χ1n) is 9.79. The van der Waals surface area contributed by atoms with Gasteiger partial charge in [-0.25, -0.2) is 4.98 Å². The summed E-state index contributed by atoms with van der Waals surface area (Å²) in [4.78, 5) is 16.2. The van der Waals surface area contributed by atoms with E-state index in [-0.39, 0.29) is 11.7 Å². The summed E-state index contributed by atoms with van der Waals surface area (Å²) in [5.41, 5.74) is 0.949. The van der Waals surface area contributed by atoms with Gasteiger partial charge in [-0.2, -0.15) is 0 Å². The first-order chi connectivity index (χ1) is 14.6. The summed E-state index contributed by atoms with van der Waals surface area (Å²) in [5, 5.41) is 12.4. The molecule has 9 heteroatoms. The average Bonchev–Trinajstić information content (AvgIpc) is 3.39. The minimum absolute atomic E-state index is 0.173. The number of anilines is 1. The number of halogens is 1. The van der Waals surface area contributed by atoms with Crippen molar-refractivity contribution in [2.45, 2.75) is 36.9 Å². The fourth-order valence-electron chi connectivity index (χ4n) is 3.33. The largest absolute Gasteiger partial charge is 0.490 e. The van der Waals surface area contributed by atoms with Crippen molar-refractivity contribution < 1.29 is 9.53 Å². The molecular formula is C21H22ClN5O2S. The molecule has 7 nitrogen and oxygen atoms in total. The van der Waals surface area contributed by atoms with Crippen LogP contribution in [0.5, 0.6) is 5.75 Å². The lowest BCUT2D eigenvalue weighted by Crippen LogP contribution is -2.15. The van der Waals surface area contributed by atoms with Gasteiger partial charge in [0.1, 0.15) is 11.6 Å². The molecule has 0 spiro atoms. The first kappa shape index (κ1) is 20.7. The minimum Gasteiger partial charge on any atom is -0.490 e. The van der Waals surface area contributed by atoms with E-state index in [2.05, 4.69) is 20.5 Å². The summed E-state index contributed by atoms with van der Waals surface area (Å²) in [6.07, 6.45) is 6.58. The highest BCUT2D eigenvalue weighted by Gasteiger charge is 2.17. The Balaban J connectivity index is 1.35. The molecule has 0 aliphatic heterocycles. The highest BCUT2D eigenvalue weighted by molar-refractivity contribution is 7.99. The van der Waals surface area contributed by atoms with Crippen molar-refractivity contribution in [3.8, 4) is 17.1 Å². The second kappa shape index (κ2) is 9.49. The number of hydrogen-bond acceptors (Lipinski definition) is 6. The minimum atomic E-state index is -0.173. The zero-order valence-electron chi connectivity index (χ0n) is 16.5. The second-order valence-corrected chi connectivity index (χ2v) is 8.49. The van der Waals surface area contributed by atoms with Gasteiger partial charge in [0.2, 0.25) is 5.91 Å². The Labute approximate surface area is 184 Å². The smallest absolute Gasteiger partial charge is 0.236 e. The molecule has 4 rings (SSSR count). The number of nitrogens with zero attached hydrogens (tertiary/aromatic N) is 4. The standard InChI is InChI=1S/C21H22ClN5O2S/c1-27-20(14-6-9-17(10-7-14)29-16-4-2-3-5-16)25-26-21(27)30-13-19(28)24-18-11-8-15(22)12-23-18/h6-12,16H,2-5,13H2,1H3,(H,23,24,28). The number of carbonyl (C=O) groups is 1. The molecule has 3 aromatic rings. The molecule has 1 saturated carbocycles. The summed E-state index contributed by atoms with van der Waals surface area (Å²) in [5.74, 6) is 2.11. The quantitative estimate of drug-likeness (QED) is 0.538. The third kappa shape index (κ3) is 5.12. The van der Waals surface area contributed by atoms with Gasteiger partial charge in [0.05, 0.1) is 16.9 Å². The maximum Gasteiger partial charge on any atom is 0.236 e. The molecule has 156 valence electrons. The number of ether oxygens (including phenoxy) is 1. The SMILES string of the molecule is Cn1c(SCC(=O)Nc2ccc(Cl)cn2)nnc1-c1ccc(OC2CCCC2)cc1. The van der Waals surface area contributed by atoms with Crippen LogP contribution in [0.1, 0.15) is 25.7 Å². The monoisotopic (exact) mass is 443 g/mol. The van der Waals surface area contributed by atoms with Crippen molar-refractivity contribution in [2.75, 3.05) is 11.1 Å². The summed E-state index contributed by atoms with van der Waals surface area (Å²) < 4.78 is 7.90.